The minimum Gasteiger partial charge on any atom is -0.391 e. The Bertz CT molecular complexity index is 174. The highest BCUT2D eigenvalue weighted by Gasteiger charge is 2.26. The Kier molecular flexibility index (Phi) is 3.69. The number of likely N-dealkylation sites (tertiary alicyclic amines) is 1. The molecule has 4 nitrogen and oxygen atoms in total. The second-order valence-electron chi connectivity index (χ2n) is 3.59. The number of amides is 1. The van der Waals surface area contributed by atoms with Crippen LogP contribution in [-0.2, 0) is 4.79 Å². The maximum absolute atomic E-state index is 11.4. The third kappa shape index (κ3) is 2.97. The van der Waals surface area contributed by atoms with Crippen molar-refractivity contribution in [3.8, 4) is 0 Å². The number of rotatable bonds is 2. The van der Waals surface area contributed by atoms with Gasteiger partial charge in [0, 0.05) is 25.9 Å². The molecule has 0 aliphatic carbocycles. The zero-order valence-corrected chi connectivity index (χ0v) is 7.94. The van der Waals surface area contributed by atoms with Crippen LogP contribution in [0.5, 0.6) is 0 Å². The first-order valence-electron chi connectivity index (χ1n) is 4.77. The highest BCUT2D eigenvalue weighted by Crippen LogP contribution is 2.12. The molecule has 2 N–H and O–H groups in total. The molecule has 0 spiro atoms. The Morgan fingerprint density at radius 3 is 2.38 bits per heavy atom. The van der Waals surface area contributed by atoms with Crippen LogP contribution in [-0.4, -0.2) is 46.3 Å². The SMILES string of the molecule is CCCC(=O)N1C[C@H](O)C[C@H](O)C1. The Balaban J connectivity index is 2.45. The monoisotopic (exact) mass is 187 g/mol. The predicted molar refractivity (Wildman–Crippen MR) is 48.1 cm³/mol. The summed E-state index contributed by atoms with van der Waals surface area (Å²) in [6.07, 6.45) is 0.561. The summed E-state index contributed by atoms with van der Waals surface area (Å²) in [6, 6.07) is 0. The van der Waals surface area contributed by atoms with Crippen LogP contribution in [0.15, 0.2) is 0 Å². The average molecular weight is 187 g/mol. The lowest BCUT2D eigenvalue weighted by Gasteiger charge is -2.33. The predicted octanol–water partition coefficient (Wildman–Crippen LogP) is -0.259. The normalized spacial score (nSPS) is 29.0. The summed E-state index contributed by atoms with van der Waals surface area (Å²) in [5.74, 6) is 0.0281. The number of carbonyl (C=O) groups is 1. The van der Waals surface area contributed by atoms with Crippen LogP contribution in [0.1, 0.15) is 26.2 Å². The van der Waals surface area contributed by atoms with Crippen molar-refractivity contribution in [1.29, 1.82) is 0 Å². The molecule has 2 atom stereocenters. The molecular formula is C9H17NO3. The lowest BCUT2D eigenvalue weighted by molar-refractivity contribution is -0.137. The van der Waals surface area contributed by atoms with Crippen LogP contribution in [0, 0.1) is 0 Å². The molecular weight excluding hydrogens is 170 g/mol. The Labute approximate surface area is 78.2 Å². The van der Waals surface area contributed by atoms with Crippen LogP contribution in [0.4, 0.5) is 0 Å². The van der Waals surface area contributed by atoms with Crippen molar-refractivity contribution in [3.63, 3.8) is 0 Å². The molecule has 13 heavy (non-hydrogen) atoms. The second kappa shape index (κ2) is 4.58. The Morgan fingerprint density at radius 2 is 1.92 bits per heavy atom. The molecule has 1 amide bonds. The van der Waals surface area contributed by atoms with E-state index in [1.54, 1.807) is 4.90 Å². The van der Waals surface area contributed by atoms with Gasteiger partial charge in [0.25, 0.3) is 0 Å². The number of aliphatic hydroxyl groups excluding tert-OH is 2. The minimum absolute atomic E-state index is 0.0281. The molecule has 0 aromatic carbocycles. The summed E-state index contributed by atoms with van der Waals surface area (Å²) in [5, 5.41) is 18.6. The fourth-order valence-corrected chi connectivity index (χ4v) is 1.62. The van der Waals surface area contributed by atoms with E-state index in [-0.39, 0.29) is 5.91 Å². The first kappa shape index (κ1) is 10.5. The van der Waals surface area contributed by atoms with E-state index in [0.29, 0.717) is 25.9 Å². The minimum atomic E-state index is -0.565. The van der Waals surface area contributed by atoms with Gasteiger partial charge in [-0.05, 0) is 6.42 Å². The van der Waals surface area contributed by atoms with Crippen LogP contribution in [0.2, 0.25) is 0 Å². The summed E-state index contributed by atoms with van der Waals surface area (Å²) in [7, 11) is 0. The van der Waals surface area contributed by atoms with E-state index < -0.39 is 12.2 Å². The molecule has 0 saturated carbocycles. The number of hydrogen-bond acceptors (Lipinski definition) is 3. The molecule has 0 radical (unpaired) electrons. The highest BCUT2D eigenvalue weighted by molar-refractivity contribution is 5.76. The third-order valence-electron chi connectivity index (χ3n) is 2.22. The van der Waals surface area contributed by atoms with Crippen LogP contribution >= 0.6 is 0 Å². The molecule has 1 fully saturated rings. The molecule has 0 bridgehead atoms. The van der Waals surface area contributed by atoms with E-state index in [9.17, 15) is 15.0 Å². The molecule has 1 aliphatic heterocycles. The van der Waals surface area contributed by atoms with Crippen LogP contribution in [0.25, 0.3) is 0 Å². The first-order chi connectivity index (χ1) is 6.13. The molecule has 0 aromatic rings. The fraction of sp³-hybridized carbons (Fsp3) is 0.889. The van der Waals surface area contributed by atoms with Crippen LogP contribution < -0.4 is 0 Å². The van der Waals surface area contributed by atoms with Crippen LogP contribution in [0.3, 0.4) is 0 Å². The van der Waals surface area contributed by atoms with E-state index in [1.165, 1.54) is 0 Å². The molecule has 0 unspecified atom stereocenters. The largest absolute Gasteiger partial charge is 0.391 e. The first-order valence-corrected chi connectivity index (χ1v) is 4.77. The van der Waals surface area contributed by atoms with Gasteiger partial charge >= 0.3 is 0 Å². The molecule has 1 aliphatic rings. The summed E-state index contributed by atoms with van der Waals surface area (Å²) in [5.41, 5.74) is 0. The molecule has 0 aromatic heterocycles. The van der Waals surface area contributed by atoms with Gasteiger partial charge in [0.15, 0.2) is 0 Å². The van der Waals surface area contributed by atoms with Gasteiger partial charge in [-0.2, -0.15) is 0 Å². The van der Waals surface area contributed by atoms with E-state index in [1.807, 2.05) is 6.92 Å². The van der Waals surface area contributed by atoms with Crippen molar-refractivity contribution < 1.29 is 15.0 Å². The van der Waals surface area contributed by atoms with Crippen molar-refractivity contribution in [3.05, 3.63) is 0 Å². The maximum Gasteiger partial charge on any atom is 0.222 e. The summed E-state index contributed by atoms with van der Waals surface area (Å²) in [6.45, 7) is 2.68. The second-order valence-corrected chi connectivity index (χ2v) is 3.59. The van der Waals surface area contributed by atoms with Gasteiger partial charge in [-0.1, -0.05) is 6.92 Å². The summed E-state index contributed by atoms with van der Waals surface area (Å²) >= 11 is 0. The Morgan fingerprint density at radius 1 is 1.38 bits per heavy atom. The molecule has 1 rings (SSSR count). The van der Waals surface area contributed by atoms with Gasteiger partial charge in [0.05, 0.1) is 12.2 Å². The van der Waals surface area contributed by atoms with Crippen molar-refractivity contribution in [2.45, 2.75) is 38.4 Å². The summed E-state index contributed by atoms with van der Waals surface area (Å²) in [4.78, 5) is 12.9. The van der Waals surface area contributed by atoms with E-state index in [2.05, 4.69) is 0 Å². The van der Waals surface area contributed by atoms with E-state index in [0.717, 1.165) is 6.42 Å². The molecule has 4 heteroatoms. The van der Waals surface area contributed by atoms with Crippen molar-refractivity contribution in [2.24, 2.45) is 0 Å². The quantitative estimate of drug-likeness (QED) is 0.626. The Hall–Kier alpha value is -0.610. The van der Waals surface area contributed by atoms with Crippen molar-refractivity contribution >= 4 is 5.91 Å². The molecule has 76 valence electrons. The number of aliphatic hydroxyl groups is 2. The summed E-state index contributed by atoms with van der Waals surface area (Å²) < 4.78 is 0. The van der Waals surface area contributed by atoms with Crippen molar-refractivity contribution in [2.75, 3.05) is 13.1 Å². The average Bonchev–Trinajstić information content (AvgIpc) is 2.03. The molecule has 1 heterocycles. The number of piperidine rings is 1. The third-order valence-corrected chi connectivity index (χ3v) is 2.22. The zero-order chi connectivity index (χ0) is 9.84. The molecule has 1 saturated heterocycles. The zero-order valence-electron chi connectivity index (χ0n) is 7.94. The van der Waals surface area contributed by atoms with E-state index in [4.69, 9.17) is 0 Å². The maximum atomic E-state index is 11.4. The van der Waals surface area contributed by atoms with Gasteiger partial charge in [-0.15, -0.1) is 0 Å². The standard InChI is InChI=1S/C9H17NO3/c1-2-3-9(13)10-5-7(11)4-8(12)6-10/h7-8,11-12H,2-6H2,1H3/t7-,8+. The number of hydrogen-bond donors (Lipinski definition) is 2. The van der Waals surface area contributed by atoms with Gasteiger partial charge in [-0.25, -0.2) is 0 Å². The lowest BCUT2D eigenvalue weighted by atomic mass is 10.1. The number of nitrogens with zero attached hydrogens (tertiary/aromatic N) is 1. The fourth-order valence-electron chi connectivity index (χ4n) is 1.62. The van der Waals surface area contributed by atoms with E-state index >= 15 is 0 Å². The number of carbonyl (C=O) groups excluding carboxylic acids is 1. The van der Waals surface area contributed by atoms with Gasteiger partial charge < -0.3 is 15.1 Å². The lowest BCUT2D eigenvalue weighted by Crippen LogP contribution is -2.48. The topological polar surface area (TPSA) is 60.8 Å². The van der Waals surface area contributed by atoms with Crippen molar-refractivity contribution in [1.82, 2.24) is 4.90 Å². The van der Waals surface area contributed by atoms with Gasteiger partial charge in [0.2, 0.25) is 5.91 Å². The number of β-amino-alcohol motifs (C(OH)–C–C–N with tert-alkyl or cyclic N) is 2. The smallest absolute Gasteiger partial charge is 0.222 e. The highest BCUT2D eigenvalue weighted by atomic mass is 16.3. The van der Waals surface area contributed by atoms with Gasteiger partial charge in [0.1, 0.15) is 0 Å². The van der Waals surface area contributed by atoms with Gasteiger partial charge in [-0.3, -0.25) is 4.79 Å².